The molecule has 0 spiro atoms. The van der Waals surface area contributed by atoms with Crippen LogP contribution in [0.2, 0.25) is 0 Å². The van der Waals surface area contributed by atoms with Crippen LogP contribution in [0.4, 0.5) is 0 Å². The Labute approximate surface area is 103 Å². The van der Waals surface area contributed by atoms with E-state index in [9.17, 15) is 5.11 Å². The molecule has 0 aliphatic heterocycles. The van der Waals surface area contributed by atoms with Gasteiger partial charge in [-0.2, -0.15) is 0 Å². The lowest BCUT2D eigenvalue weighted by molar-refractivity contribution is 0.0244. The van der Waals surface area contributed by atoms with E-state index in [1.54, 1.807) is 14.0 Å². The van der Waals surface area contributed by atoms with Crippen LogP contribution in [0.3, 0.4) is 0 Å². The van der Waals surface area contributed by atoms with Crippen molar-refractivity contribution in [3.8, 4) is 0 Å². The van der Waals surface area contributed by atoms with Crippen LogP contribution in [0, 0.1) is 0 Å². The van der Waals surface area contributed by atoms with E-state index in [1.807, 2.05) is 12.1 Å². The van der Waals surface area contributed by atoms with Crippen molar-refractivity contribution >= 4 is 0 Å². The number of nitrogens with one attached hydrogen (secondary N) is 1. The molecule has 0 aliphatic rings. The average molecular weight is 241 g/mol. The molecule has 1 unspecified atom stereocenters. The number of aliphatic hydroxyl groups is 1. The molecule has 1 heterocycles. The van der Waals surface area contributed by atoms with Crippen LogP contribution in [-0.2, 0) is 17.7 Å². The van der Waals surface area contributed by atoms with Crippen LogP contribution < -0.4 is 5.32 Å². The first kappa shape index (κ1) is 14.2. The number of methoxy groups -OCH3 is 1. The number of hydrogen-bond donors (Lipinski definition) is 2. The molecule has 4 heteroatoms. The molecule has 0 bridgehead atoms. The van der Waals surface area contributed by atoms with Crippen LogP contribution in [-0.4, -0.2) is 31.0 Å². The van der Waals surface area contributed by atoms with Gasteiger partial charge in [0.1, 0.15) is 11.5 Å². The monoisotopic (exact) mass is 241 g/mol. The van der Waals surface area contributed by atoms with E-state index in [0.29, 0.717) is 26.1 Å². The molecule has 0 aliphatic carbocycles. The molecule has 0 saturated heterocycles. The fourth-order valence-corrected chi connectivity index (χ4v) is 1.57. The van der Waals surface area contributed by atoms with E-state index in [0.717, 1.165) is 17.9 Å². The van der Waals surface area contributed by atoms with E-state index in [1.165, 1.54) is 0 Å². The first-order valence-electron chi connectivity index (χ1n) is 6.07. The molecule has 0 fully saturated rings. The van der Waals surface area contributed by atoms with Crippen LogP contribution in [0.25, 0.3) is 0 Å². The zero-order chi connectivity index (χ0) is 12.7. The van der Waals surface area contributed by atoms with Gasteiger partial charge in [-0.3, -0.25) is 0 Å². The fraction of sp³-hybridized carbons (Fsp3) is 0.692. The molecule has 1 atom stereocenters. The van der Waals surface area contributed by atoms with Crippen LogP contribution in [0.1, 0.15) is 31.8 Å². The van der Waals surface area contributed by atoms with Gasteiger partial charge in [-0.25, -0.2) is 0 Å². The first-order chi connectivity index (χ1) is 8.07. The van der Waals surface area contributed by atoms with Gasteiger partial charge in [-0.1, -0.05) is 6.92 Å². The second-order valence-corrected chi connectivity index (χ2v) is 4.56. The van der Waals surface area contributed by atoms with E-state index >= 15 is 0 Å². The minimum atomic E-state index is -0.740. The first-order valence-corrected chi connectivity index (χ1v) is 6.07. The Hall–Kier alpha value is -0.840. The highest BCUT2D eigenvalue weighted by Crippen LogP contribution is 2.10. The molecule has 0 aromatic carbocycles. The Kier molecular flexibility index (Phi) is 5.68. The van der Waals surface area contributed by atoms with Crippen molar-refractivity contribution in [3.05, 3.63) is 23.7 Å². The molecular weight excluding hydrogens is 218 g/mol. The van der Waals surface area contributed by atoms with Gasteiger partial charge in [0, 0.05) is 33.1 Å². The quantitative estimate of drug-likeness (QED) is 0.727. The van der Waals surface area contributed by atoms with Gasteiger partial charge in [0.15, 0.2) is 0 Å². The summed E-state index contributed by atoms with van der Waals surface area (Å²) in [5, 5.41) is 13.2. The Morgan fingerprint density at radius 3 is 2.71 bits per heavy atom. The predicted octanol–water partition coefficient (Wildman–Crippen LogP) is 1.72. The van der Waals surface area contributed by atoms with Gasteiger partial charge >= 0.3 is 0 Å². The number of hydrogen-bond acceptors (Lipinski definition) is 4. The topological polar surface area (TPSA) is 54.6 Å². The average Bonchev–Trinajstić information content (AvgIpc) is 2.74. The lowest BCUT2D eigenvalue weighted by Crippen LogP contribution is -2.38. The number of aryl methyl sites for hydroxylation is 1. The minimum absolute atomic E-state index is 0.526. The zero-order valence-corrected chi connectivity index (χ0v) is 11.0. The largest absolute Gasteiger partial charge is 0.465 e. The second-order valence-electron chi connectivity index (χ2n) is 4.56. The van der Waals surface area contributed by atoms with E-state index in [2.05, 4.69) is 12.2 Å². The Balaban J connectivity index is 2.26. The molecular formula is C13H23NO3. The molecule has 1 aromatic rings. The molecule has 98 valence electrons. The molecule has 0 radical (unpaired) electrons. The summed E-state index contributed by atoms with van der Waals surface area (Å²) in [7, 11) is 1.64. The maximum Gasteiger partial charge on any atom is 0.117 e. The Morgan fingerprint density at radius 1 is 1.41 bits per heavy atom. The smallest absolute Gasteiger partial charge is 0.117 e. The second kappa shape index (κ2) is 6.79. The van der Waals surface area contributed by atoms with Crippen molar-refractivity contribution in [2.45, 2.75) is 38.8 Å². The lowest BCUT2D eigenvalue weighted by Gasteiger charge is -2.23. The van der Waals surface area contributed by atoms with Crippen molar-refractivity contribution < 1.29 is 14.3 Å². The molecule has 0 amide bonds. The summed E-state index contributed by atoms with van der Waals surface area (Å²) in [5.41, 5.74) is -0.740. The van der Waals surface area contributed by atoms with Gasteiger partial charge in [0.05, 0.1) is 12.1 Å². The third-order valence-electron chi connectivity index (χ3n) is 2.72. The summed E-state index contributed by atoms with van der Waals surface area (Å²) >= 11 is 0. The summed E-state index contributed by atoms with van der Waals surface area (Å²) in [6, 6.07) is 3.95. The van der Waals surface area contributed by atoms with Crippen LogP contribution >= 0.6 is 0 Å². The van der Waals surface area contributed by atoms with Crippen LogP contribution in [0.15, 0.2) is 16.5 Å². The fourth-order valence-electron chi connectivity index (χ4n) is 1.57. The standard InChI is InChI=1S/C13H23NO3/c1-4-11-5-6-12(17-11)9-14-10-13(2,15)7-8-16-3/h5-6,14-15H,4,7-10H2,1-3H3. The lowest BCUT2D eigenvalue weighted by atomic mass is 10.0. The summed E-state index contributed by atoms with van der Waals surface area (Å²) < 4.78 is 10.5. The molecule has 17 heavy (non-hydrogen) atoms. The number of rotatable bonds is 8. The van der Waals surface area contributed by atoms with Gasteiger partial charge in [-0.05, 0) is 19.1 Å². The third-order valence-corrected chi connectivity index (χ3v) is 2.72. The summed E-state index contributed by atoms with van der Waals surface area (Å²) in [6.45, 7) is 5.60. The summed E-state index contributed by atoms with van der Waals surface area (Å²) in [5.74, 6) is 1.90. The van der Waals surface area contributed by atoms with Gasteiger partial charge in [0.25, 0.3) is 0 Å². The highest BCUT2D eigenvalue weighted by Gasteiger charge is 2.19. The molecule has 0 saturated carbocycles. The molecule has 4 nitrogen and oxygen atoms in total. The maximum atomic E-state index is 10.0. The number of furan rings is 1. The molecule has 2 N–H and O–H groups in total. The van der Waals surface area contributed by atoms with Crippen LogP contribution in [0.5, 0.6) is 0 Å². The Morgan fingerprint density at radius 2 is 2.12 bits per heavy atom. The normalized spacial score (nSPS) is 14.8. The van der Waals surface area contributed by atoms with E-state index in [-0.39, 0.29) is 0 Å². The van der Waals surface area contributed by atoms with Crippen molar-refractivity contribution in [1.82, 2.24) is 5.32 Å². The van der Waals surface area contributed by atoms with Gasteiger partial charge < -0.3 is 19.6 Å². The molecule has 1 rings (SSSR count). The third kappa shape index (κ3) is 5.35. The van der Waals surface area contributed by atoms with Crippen molar-refractivity contribution in [3.63, 3.8) is 0 Å². The Bertz CT molecular complexity index is 320. The van der Waals surface area contributed by atoms with Gasteiger partial charge in [-0.15, -0.1) is 0 Å². The highest BCUT2D eigenvalue weighted by atomic mass is 16.5. The van der Waals surface area contributed by atoms with E-state index < -0.39 is 5.60 Å². The predicted molar refractivity (Wildman–Crippen MR) is 66.9 cm³/mol. The van der Waals surface area contributed by atoms with Crippen molar-refractivity contribution in [2.75, 3.05) is 20.3 Å². The van der Waals surface area contributed by atoms with Crippen molar-refractivity contribution in [2.24, 2.45) is 0 Å². The molecule has 1 aromatic heterocycles. The van der Waals surface area contributed by atoms with Gasteiger partial charge in [0.2, 0.25) is 0 Å². The maximum absolute atomic E-state index is 10.0. The summed E-state index contributed by atoms with van der Waals surface area (Å²) in [6.07, 6.45) is 1.53. The van der Waals surface area contributed by atoms with Crippen molar-refractivity contribution in [1.29, 1.82) is 0 Å². The highest BCUT2D eigenvalue weighted by molar-refractivity contribution is 5.06. The SMILES string of the molecule is CCc1ccc(CNCC(C)(O)CCOC)o1. The zero-order valence-electron chi connectivity index (χ0n) is 11.0. The summed E-state index contributed by atoms with van der Waals surface area (Å²) in [4.78, 5) is 0. The van der Waals surface area contributed by atoms with E-state index in [4.69, 9.17) is 9.15 Å². The number of ether oxygens (including phenoxy) is 1. The minimum Gasteiger partial charge on any atom is -0.465 e.